The quantitative estimate of drug-likeness (QED) is 0.771. The molecule has 0 saturated heterocycles. The van der Waals surface area contributed by atoms with E-state index in [1.165, 1.54) is 0 Å². The van der Waals surface area contributed by atoms with E-state index in [1.807, 2.05) is 7.05 Å². The number of aromatic nitrogens is 4. The van der Waals surface area contributed by atoms with Crippen molar-refractivity contribution in [1.82, 2.24) is 19.5 Å². The van der Waals surface area contributed by atoms with E-state index in [0.717, 1.165) is 17.3 Å². The van der Waals surface area contributed by atoms with Crippen molar-refractivity contribution in [3.8, 4) is 0 Å². The van der Waals surface area contributed by atoms with E-state index in [-0.39, 0.29) is 11.5 Å². The van der Waals surface area contributed by atoms with Gasteiger partial charge in [0.15, 0.2) is 16.3 Å². The predicted octanol–water partition coefficient (Wildman–Crippen LogP) is 0.741. The Kier molecular flexibility index (Phi) is 2.86. The Labute approximate surface area is 96.3 Å². The molecule has 0 aliphatic carbocycles. The van der Waals surface area contributed by atoms with Crippen LogP contribution in [0.1, 0.15) is 13.3 Å². The molecule has 0 saturated carbocycles. The average Bonchev–Trinajstić information content (AvgIpc) is 2.54. The fraction of sp³-hybridized carbons (Fsp3) is 0.444. The monoisotopic (exact) mass is 239 g/mol. The van der Waals surface area contributed by atoms with Crippen molar-refractivity contribution < 1.29 is 0 Å². The van der Waals surface area contributed by atoms with Gasteiger partial charge in [-0.15, -0.1) is 0 Å². The zero-order valence-electron chi connectivity index (χ0n) is 9.15. The minimum Gasteiger partial charge on any atom is -0.369 e. The molecule has 0 spiro atoms. The molecule has 0 unspecified atom stereocenters. The van der Waals surface area contributed by atoms with Crippen molar-refractivity contribution in [2.45, 2.75) is 18.5 Å². The number of hydrogen-bond donors (Lipinski definition) is 2. The van der Waals surface area contributed by atoms with Crippen molar-refractivity contribution in [2.75, 3.05) is 11.5 Å². The Morgan fingerprint density at radius 3 is 2.94 bits per heavy atom. The van der Waals surface area contributed by atoms with Gasteiger partial charge in [-0.25, -0.2) is 4.98 Å². The van der Waals surface area contributed by atoms with Gasteiger partial charge in [0.05, 0.1) is 0 Å². The Morgan fingerprint density at radius 2 is 2.25 bits per heavy atom. The van der Waals surface area contributed by atoms with Gasteiger partial charge in [-0.05, 0) is 6.42 Å². The molecule has 0 fully saturated rings. The smallest absolute Gasteiger partial charge is 0.280 e. The molecule has 2 aromatic heterocycles. The first-order valence-electron chi connectivity index (χ1n) is 4.98. The van der Waals surface area contributed by atoms with Gasteiger partial charge in [-0.3, -0.25) is 9.78 Å². The van der Waals surface area contributed by atoms with E-state index in [0.29, 0.717) is 11.2 Å². The van der Waals surface area contributed by atoms with Crippen LogP contribution in [0.4, 0.5) is 5.95 Å². The Hall–Kier alpha value is -1.50. The van der Waals surface area contributed by atoms with Crippen molar-refractivity contribution in [1.29, 1.82) is 0 Å². The van der Waals surface area contributed by atoms with E-state index < -0.39 is 0 Å². The van der Waals surface area contributed by atoms with Crippen LogP contribution < -0.4 is 11.3 Å². The van der Waals surface area contributed by atoms with Gasteiger partial charge in [0.2, 0.25) is 5.95 Å². The number of hydrogen-bond acceptors (Lipinski definition) is 5. The van der Waals surface area contributed by atoms with Gasteiger partial charge >= 0.3 is 0 Å². The first-order valence-corrected chi connectivity index (χ1v) is 5.97. The predicted molar refractivity (Wildman–Crippen MR) is 64.6 cm³/mol. The average molecular weight is 239 g/mol. The van der Waals surface area contributed by atoms with Crippen LogP contribution in [-0.2, 0) is 7.05 Å². The maximum Gasteiger partial charge on any atom is 0.280 e. The number of thioether (sulfide) groups is 1. The number of nitrogen functional groups attached to an aromatic ring is 1. The van der Waals surface area contributed by atoms with Crippen LogP contribution in [0.25, 0.3) is 11.2 Å². The summed E-state index contributed by atoms with van der Waals surface area (Å²) in [7, 11) is 1.83. The van der Waals surface area contributed by atoms with E-state index in [4.69, 9.17) is 5.73 Å². The van der Waals surface area contributed by atoms with Gasteiger partial charge in [0.1, 0.15) is 0 Å². The maximum atomic E-state index is 11.6. The molecule has 2 rings (SSSR count). The fourth-order valence-corrected chi connectivity index (χ4v) is 2.21. The summed E-state index contributed by atoms with van der Waals surface area (Å²) in [5, 5.41) is 0.792. The number of aryl methyl sites for hydroxylation is 1. The van der Waals surface area contributed by atoms with E-state index in [2.05, 4.69) is 21.9 Å². The topological polar surface area (TPSA) is 89.6 Å². The summed E-state index contributed by atoms with van der Waals surface area (Å²) in [6, 6.07) is 0. The molecule has 6 nitrogen and oxygen atoms in total. The summed E-state index contributed by atoms with van der Waals surface area (Å²) in [5.74, 6) is 1.08. The molecule has 0 bridgehead atoms. The zero-order chi connectivity index (χ0) is 11.7. The van der Waals surface area contributed by atoms with Gasteiger partial charge in [-0.1, -0.05) is 18.7 Å². The van der Waals surface area contributed by atoms with Crippen molar-refractivity contribution in [3.05, 3.63) is 10.4 Å². The number of imidazole rings is 1. The van der Waals surface area contributed by atoms with Gasteiger partial charge in [-0.2, -0.15) is 4.98 Å². The summed E-state index contributed by atoms with van der Waals surface area (Å²) in [4.78, 5) is 22.3. The molecule has 0 aromatic carbocycles. The summed E-state index contributed by atoms with van der Waals surface area (Å²) in [6.07, 6.45) is 1.06. The minimum absolute atomic E-state index is 0.118. The van der Waals surface area contributed by atoms with E-state index in [9.17, 15) is 4.79 Å². The van der Waals surface area contributed by atoms with Gasteiger partial charge in [0, 0.05) is 12.8 Å². The molecule has 3 N–H and O–H groups in total. The molecule has 86 valence electrons. The number of H-pyrrole nitrogens is 1. The molecule has 0 aliphatic rings. The Bertz CT molecular complexity index is 573. The first kappa shape index (κ1) is 11.0. The van der Waals surface area contributed by atoms with Crippen LogP contribution in [0.15, 0.2) is 9.95 Å². The highest BCUT2D eigenvalue weighted by Gasteiger charge is 2.12. The molecule has 7 heteroatoms. The molecular weight excluding hydrogens is 226 g/mol. The van der Waals surface area contributed by atoms with Crippen LogP contribution in [-0.4, -0.2) is 25.3 Å². The second kappa shape index (κ2) is 4.17. The van der Waals surface area contributed by atoms with Crippen LogP contribution in [0, 0.1) is 0 Å². The standard InChI is InChI=1S/C9H13N5OS/c1-3-4-16-9-11-5-6(14(9)2)12-8(10)13-7(5)15/h3-4H2,1-2H3,(H3,10,12,13,15). The van der Waals surface area contributed by atoms with Crippen LogP contribution in [0.2, 0.25) is 0 Å². The summed E-state index contributed by atoms with van der Waals surface area (Å²) in [6.45, 7) is 2.10. The molecule has 0 amide bonds. The molecule has 16 heavy (non-hydrogen) atoms. The number of rotatable bonds is 3. The lowest BCUT2D eigenvalue weighted by atomic mass is 10.5. The molecule has 0 aliphatic heterocycles. The van der Waals surface area contributed by atoms with Crippen molar-refractivity contribution >= 4 is 28.9 Å². The maximum absolute atomic E-state index is 11.6. The third-order valence-corrected chi connectivity index (χ3v) is 3.38. The van der Waals surface area contributed by atoms with E-state index in [1.54, 1.807) is 16.3 Å². The second-order valence-corrected chi connectivity index (χ2v) is 4.49. The van der Waals surface area contributed by atoms with Crippen LogP contribution in [0.3, 0.4) is 0 Å². The molecule has 0 radical (unpaired) electrons. The molecule has 0 atom stereocenters. The number of fused-ring (bicyclic) bond motifs is 1. The van der Waals surface area contributed by atoms with Crippen molar-refractivity contribution in [2.24, 2.45) is 7.05 Å². The Morgan fingerprint density at radius 1 is 1.50 bits per heavy atom. The highest BCUT2D eigenvalue weighted by Crippen LogP contribution is 2.20. The van der Waals surface area contributed by atoms with Crippen LogP contribution >= 0.6 is 11.8 Å². The lowest BCUT2D eigenvalue weighted by Crippen LogP contribution is -2.11. The SMILES string of the molecule is CCCSc1nc2c(=O)[nH]c(N)nc2n1C. The largest absolute Gasteiger partial charge is 0.369 e. The normalized spacial score (nSPS) is 11.1. The zero-order valence-corrected chi connectivity index (χ0v) is 9.97. The lowest BCUT2D eigenvalue weighted by molar-refractivity contribution is 0.805. The van der Waals surface area contributed by atoms with Gasteiger partial charge in [0.25, 0.3) is 5.56 Å². The first-order chi connectivity index (χ1) is 7.63. The number of nitrogens with two attached hydrogens (primary N) is 1. The van der Waals surface area contributed by atoms with Crippen molar-refractivity contribution in [3.63, 3.8) is 0 Å². The minimum atomic E-state index is -0.290. The number of nitrogens with one attached hydrogen (secondary N) is 1. The highest BCUT2D eigenvalue weighted by molar-refractivity contribution is 7.99. The lowest BCUT2D eigenvalue weighted by Gasteiger charge is -1.99. The van der Waals surface area contributed by atoms with Gasteiger partial charge < -0.3 is 10.3 Å². The summed E-state index contributed by atoms with van der Waals surface area (Å²) < 4.78 is 1.79. The van der Waals surface area contributed by atoms with Crippen LogP contribution in [0.5, 0.6) is 0 Å². The van der Waals surface area contributed by atoms with E-state index >= 15 is 0 Å². The summed E-state index contributed by atoms with van der Waals surface area (Å²) in [5.41, 5.74) is 6.07. The Balaban J connectivity index is 2.59. The third-order valence-electron chi connectivity index (χ3n) is 2.14. The highest BCUT2D eigenvalue weighted by atomic mass is 32.2. The number of aromatic amines is 1. The second-order valence-electron chi connectivity index (χ2n) is 3.43. The molecular formula is C9H13N5OS. The number of anilines is 1. The fourth-order valence-electron chi connectivity index (χ4n) is 1.39. The third kappa shape index (κ3) is 1.78. The molecule has 2 heterocycles. The number of nitrogens with zero attached hydrogens (tertiary/aromatic N) is 3. The summed E-state index contributed by atoms with van der Waals surface area (Å²) >= 11 is 1.61. The molecule has 2 aromatic rings.